The SMILES string of the molecule is CC(NC(=O)c1ccc2c(c1)NCCN2)C(C)(C)C. The lowest BCUT2D eigenvalue weighted by Crippen LogP contribution is -2.41. The van der Waals surface area contributed by atoms with E-state index in [9.17, 15) is 4.79 Å². The van der Waals surface area contributed by atoms with Gasteiger partial charge in [0.1, 0.15) is 0 Å². The zero-order valence-corrected chi connectivity index (χ0v) is 12.1. The Labute approximate surface area is 115 Å². The van der Waals surface area contributed by atoms with Gasteiger partial charge in [-0.15, -0.1) is 0 Å². The molecular formula is C15H23N3O. The van der Waals surface area contributed by atoms with Crippen LogP contribution in [0.5, 0.6) is 0 Å². The predicted molar refractivity (Wildman–Crippen MR) is 79.8 cm³/mol. The van der Waals surface area contributed by atoms with E-state index in [-0.39, 0.29) is 17.4 Å². The molecule has 0 spiro atoms. The highest BCUT2D eigenvalue weighted by molar-refractivity contribution is 5.96. The first kappa shape index (κ1) is 13.7. The van der Waals surface area contributed by atoms with Gasteiger partial charge in [-0.25, -0.2) is 0 Å². The molecule has 0 fully saturated rings. The van der Waals surface area contributed by atoms with Crippen LogP contribution in [0.4, 0.5) is 11.4 Å². The molecule has 0 aromatic heterocycles. The lowest BCUT2D eigenvalue weighted by molar-refractivity contribution is 0.0910. The predicted octanol–water partition coefficient (Wildman–Crippen LogP) is 2.69. The quantitative estimate of drug-likeness (QED) is 0.767. The van der Waals surface area contributed by atoms with Crippen LogP contribution in [-0.2, 0) is 0 Å². The summed E-state index contributed by atoms with van der Waals surface area (Å²) >= 11 is 0. The molecule has 1 unspecified atom stereocenters. The van der Waals surface area contributed by atoms with Crippen LogP contribution in [0.1, 0.15) is 38.1 Å². The molecule has 0 aliphatic carbocycles. The van der Waals surface area contributed by atoms with Crippen molar-refractivity contribution in [3.63, 3.8) is 0 Å². The maximum atomic E-state index is 12.2. The lowest BCUT2D eigenvalue weighted by atomic mass is 9.88. The minimum absolute atomic E-state index is 0.0161. The van der Waals surface area contributed by atoms with Gasteiger partial charge in [-0.3, -0.25) is 4.79 Å². The van der Waals surface area contributed by atoms with E-state index in [1.807, 2.05) is 25.1 Å². The Morgan fingerprint density at radius 2 is 1.84 bits per heavy atom. The Morgan fingerprint density at radius 3 is 2.47 bits per heavy atom. The molecule has 4 heteroatoms. The zero-order chi connectivity index (χ0) is 14.0. The molecular weight excluding hydrogens is 238 g/mol. The second-order valence-corrected chi connectivity index (χ2v) is 6.18. The third-order valence-corrected chi connectivity index (χ3v) is 3.68. The average molecular weight is 261 g/mol. The molecule has 0 saturated carbocycles. The first-order valence-corrected chi connectivity index (χ1v) is 6.80. The number of benzene rings is 1. The monoisotopic (exact) mass is 261 g/mol. The van der Waals surface area contributed by atoms with E-state index in [4.69, 9.17) is 0 Å². The van der Waals surface area contributed by atoms with Gasteiger partial charge in [0.15, 0.2) is 0 Å². The molecule has 1 amide bonds. The number of hydrogen-bond donors (Lipinski definition) is 3. The summed E-state index contributed by atoms with van der Waals surface area (Å²) in [5, 5.41) is 9.65. The highest BCUT2D eigenvalue weighted by Gasteiger charge is 2.22. The zero-order valence-electron chi connectivity index (χ0n) is 12.1. The Kier molecular flexibility index (Phi) is 3.69. The van der Waals surface area contributed by atoms with Crippen molar-refractivity contribution >= 4 is 17.3 Å². The van der Waals surface area contributed by atoms with Gasteiger partial charge < -0.3 is 16.0 Å². The number of carbonyl (C=O) groups is 1. The minimum Gasteiger partial charge on any atom is -0.382 e. The van der Waals surface area contributed by atoms with Gasteiger partial charge in [0.05, 0.1) is 11.4 Å². The fraction of sp³-hybridized carbons (Fsp3) is 0.533. The number of carbonyl (C=O) groups excluding carboxylic acids is 1. The molecule has 104 valence electrons. The third kappa shape index (κ3) is 3.19. The van der Waals surface area contributed by atoms with E-state index in [0.717, 1.165) is 24.5 Å². The maximum absolute atomic E-state index is 12.2. The summed E-state index contributed by atoms with van der Waals surface area (Å²) in [5.74, 6) is -0.0161. The average Bonchev–Trinajstić information content (AvgIpc) is 2.37. The van der Waals surface area contributed by atoms with Crippen LogP contribution in [0.25, 0.3) is 0 Å². The molecule has 19 heavy (non-hydrogen) atoms. The summed E-state index contributed by atoms with van der Waals surface area (Å²) in [7, 11) is 0. The van der Waals surface area contributed by atoms with E-state index >= 15 is 0 Å². The maximum Gasteiger partial charge on any atom is 0.251 e. The van der Waals surface area contributed by atoms with E-state index in [2.05, 4.69) is 36.7 Å². The van der Waals surface area contributed by atoms with Crippen molar-refractivity contribution in [2.75, 3.05) is 23.7 Å². The fourth-order valence-electron chi connectivity index (χ4n) is 1.88. The molecule has 2 rings (SSSR count). The third-order valence-electron chi connectivity index (χ3n) is 3.68. The van der Waals surface area contributed by atoms with Crippen LogP contribution < -0.4 is 16.0 Å². The first-order chi connectivity index (χ1) is 8.88. The molecule has 1 aliphatic heterocycles. The number of rotatable bonds is 2. The van der Waals surface area contributed by atoms with Gasteiger partial charge >= 0.3 is 0 Å². The van der Waals surface area contributed by atoms with Gasteiger partial charge in [0, 0.05) is 24.7 Å². The van der Waals surface area contributed by atoms with Crippen molar-refractivity contribution in [2.24, 2.45) is 5.41 Å². The van der Waals surface area contributed by atoms with Crippen molar-refractivity contribution in [2.45, 2.75) is 33.7 Å². The molecule has 0 bridgehead atoms. The fourth-order valence-corrected chi connectivity index (χ4v) is 1.88. The topological polar surface area (TPSA) is 53.2 Å². The molecule has 1 atom stereocenters. The summed E-state index contributed by atoms with van der Waals surface area (Å²) in [4.78, 5) is 12.2. The highest BCUT2D eigenvalue weighted by atomic mass is 16.1. The van der Waals surface area contributed by atoms with Gasteiger partial charge in [-0.1, -0.05) is 20.8 Å². The van der Waals surface area contributed by atoms with Crippen LogP contribution in [0.15, 0.2) is 18.2 Å². The van der Waals surface area contributed by atoms with Crippen molar-refractivity contribution in [3.05, 3.63) is 23.8 Å². The molecule has 3 N–H and O–H groups in total. The largest absolute Gasteiger partial charge is 0.382 e. The van der Waals surface area contributed by atoms with Crippen LogP contribution in [0.3, 0.4) is 0 Å². The van der Waals surface area contributed by atoms with Crippen LogP contribution in [-0.4, -0.2) is 25.0 Å². The second kappa shape index (κ2) is 5.11. The molecule has 1 heterocycles. The van der Waals surface area contributed by atoms with Crippen LogP contribution in [0, 0.1) is 5.41 Å². The molecule has 1 aromatic carbocycles. The van der Waals surface area contributed by atoms with E-state index in [1.165, 1.54) is 0 Å². The standard InChI is InChI=1S/C15H23N3O/c1-10(15(2,3)4)18-14(19)11-5-6-12-13(9-11)17-8-7-16-12/h5-6,9-10,16-17H,7-8H2,1-4H3,(H,18,19). The molecule has 0 saturated heterocycles. The number of nitrogens with one attached hydrogen (secondary N) is 3. The lowest BCUT2D eigenvalue weighted by Gasteiger charge is -2.28. The summed E-state index contributed by atoms with van der Waals surface area (Å²) < 4.78 is 0. The van der Waals surface area contributed by atoms with Gasteiger partial charge in [0.2, 0.25) is 0 Å². The Hall–Kier alpha value is -1.71. The van der Waals surface area contributed by atoms with Crippen molar-refractivity contribution in [3.8, 4) is 0 Å². The Morgan fingerprint density at radius 1 is 1.21 bits per heavy atom. The summed E-state index contributed by atoms with van der Waals surface area (Å²) in [6, 6.07) is 5.86. The summed E-state index contributed by atoms with van der Waals surface area (Å²) in [6.45, 7) is 10.2. The van der Waals surface area contributed by atoms with E-state index < -0.39 is 0 Å². The Bertz CT molecular complexity index is 477. The first-order valence-electron chi connectivity index (χ1n) is 6.80. The summed E-state index contributed by atoms with van der Waals surface area (Å²) in [6.07, 6.45) is 0. The summed E-state index contributed by atoms with van der Waals surface area (Å²) in [5.41, 5.74) is 2.82. The number of fused-ring (bicyclic) bond motifs is 1. The van der Waals surface area contributed by atoms with Crippen molar-refractivity contribution < 1.29 is 4.79 Å². The smallest absolute Gasteiger partial charge is 0.251 e. The van der Waals surface area contributed by atoms with Crippen molar-refractivity contribution in [1.82, 2.24) is 5.32 Å². The van der Waals surface area contributed by atoms with Crippen molar-refractivity contribution in [1.29, 1.82) is 0 Å². The molecule has 0 radical (unpaired) electrons. The van der Waals surface area contributed by atoms with Gasteiger partial charge in [-0.2, -0.15) is 0 Å². The van der Waals surface area contributed by atoms with Crippen LogP contribution >= 0.6 is 0 Å². The number of anilines is 2. The van der Waals surface area contributed by atoms with E-state index in [1.54, 1.807) is 0 Å². The normalized spacial score (nSPS) is 15.8. The molecule has 1 aliphatic rings. The highest BCUT2D eigenvalue weighted by Crippen LogP contribution is 2.26. The molecule has 1 aromatic rings. The van der Waals surface area contributed by atoms with E-state index in [0.29, 0.717) is 5.56 Å². The number of amides is 1. The minimum atomic E-state index is -0.0161. The number of hydrogen-bond acceptors (Lipinski definition) is 3. The Balaban J connectivity index is 2.11. The van der Waals surface area contributed by atoms with Crippen LogP contribution in [0.2, 0.25) is 0 Å². The van der Waals surface area contributed by atoms with Gasteiger partial charge in [-0.05, 0) is 30.5 Å². The molecule has 4 nitrogen and oxygen atoms in total. The van der Waals surface area contributed by atoms with Gasteiger partial charge in [0.25, 0.3) is 5.91 Å². The second-order valence-electron chi connectivity index (χ2n) is 6.18.